The number of halogens is 2. The van der Waals surface area contributed by atoms with Gasteiger partial charge in [-0.1, -0.05) is 60.7 Å². The summed E-state index contributed by atoms with van der Waals surface area (Å²) in [7, 11) is 0. The fourth-order valence-electron chi connectivity index (χ4n) is 2.18. The van der Waals surface area contributed by atoms with E-state index in [1.165, 1.54) is 0 Å². The Morgan fingerprint density at radius 2 is 1.38 bits per heavy atom. The van der Waals surface area contributed by atoms with Gasteiger partial charge in [-0.2, -0.15) is 0 Å². The van der Waals surface area contributed by atoms with Crippen molar-refractivity contribution in [2.45, 2.75) is 0 Å². The Morgan fingerprint density at radius 3 is 2.08 bits per heavy atom. The molecule has 0 unspecified atom stereocenters. The van der Waals surface area contributed by atoms with Crippen LogP contribution in [0.5, 0.6) is 5.75 Å². The van der Waals surface area contributed by atoms with Gasteiger partial charge in [0.25, 0.3) is 0 Å². The number of aromatic hydroxyl groups is 1. The van der Waals surface area contributed by atoms with Gasteiger partial charge in [-0.3, -0.25) is 4.99 Å². The Labute approximate surface area is 163 Å². The minimum atomic E-state index is 0.125. The van der Waals surface area contributed by atoms with E-state index < -0.39 is 0 Å². The first-order valence-electron chi connectivity index (χ1n) is 7.19. The zero-order valence-electron chi connectivity index (χ0n) is 12.7. The van der Waals surface area contributed by atoms with E-state index in [-0.39, 0.29) is 20.7 Å². The third-order valence-electron chi connectivity index (χ3n) is 3.27. The van der Waals surface area contributed by atoms with Crippen LogP contribution in [0.4, 0.5) is 5.69 Å². The van der Waals surface area contributed by atoms with E-state index in [4.69, 9.17) is 0 Å². The van der Waals surface area contributed by atoms with Crippen molar-refractivity contribution in [2.24, 2.45) is 4.99 Å². The fourth-order valence-corrected chi connectivity index (χ4v) is 2.18. The summed E-state index contributed by atoms with van der Waals surface area (Å²) in [5.41, 5.74) is 3.79. The molecule has 3 rings (SSSR count). The third-order valence-corrected chi connectivity index (χ3v) is 3.27. The monoisotopic (exact) mass is 479 g/mol. The molecule has 0 aliphatic rings. The van der Waals surface area contributed by atoms with Gasteiger partial charge in [0.1, 0.15) is 5.75 Å². The van der Waals surface area contributed by atoms with E-state index in [1.54, 1.807) is 18.3 Å². The number of hydrogen-bond donors (Lipinski definition) is 1. The Balaban J connectivity index is 0.000000647. The predicted molar refractivity (Wildman–Crippen MR) is 105 cm³/mol. The van der Waals surface area contributed by atoms with Gasteiger partial charge in [-0.15, -0.1) is 0 Å². The number of aliphatic imine (C=N–C) groups is 1. The van der Waals surface area contributed by atoms with Crippen LogP contribution in [0, 0.1) is 0 Å². The van der Waals surface area contributed by atoms with Crippen molar-refractivity contribution >= 4 is 38.2 Å². The van der Waals surface area contributed by atoms with Gasteiger partial charge >= 0.3 is 41.3 Å². The van der Waals surface area contributed by atoms with Gasteiger partial charge < -0.3 is 5.11 Å². The molecule has 1 N–H and O–H groups in total. The van der Waals surface area contributed by atoms with Gasteiger partial charge in [0.05, 0.1) is 5.69 Å². The Hall–Kier alpha value is -1.20. The van der Waals surface area contributed by atoms with Crippen LogP contribution in [-0.2, 0) is 15.0 Å². The SMILES string of the molecule is Oc1ccccc1C=Nc1ccccc1-c1ccccc1.[Br][Ti][Br]. The number of benzene rings is 3. The second-order valence-corrected chi connectivity index (χ2v) is 12.7. The first-order chi connectivity index (χ1) is 11.8. The minimum absolute atomic E-state index is 0.125. The van der Waals surface area contributed by atoms with Crippen molar-refractivity contribution < 1.29 is 20.1 Å². The molecule has 0 saturated carbocycles. The summed E-state index contributed by atoms with van der Waals surface area (Å²) in [5.74, 6) is 0.235. The normalized spacial score (nSPS) is 10.1. The molecular formula is C19H15Br2NOTi. The van der Waals surface area contributed by atoms with Gasteiger partial charge in [-0.05, 0) is 23.8 Å². The summed E-state index contributed by atoms with van der Waals surface area (Å²) < 4.78 is 0. The average Bonchev–Trinajstić information content (AvgIpc) is 2.63. The van der Waals surface area contributed by atoms with Gasteiger partial charge in [-0.25, -0.2) is 0 Å². The van der Waals surface area contributed by atoms with Gasteiger partial charge in [0.2, 0.25) is 0 Å². The molecule has 3 aromatic carbocycles. The zero-order valence-corrected chi connectivity index (χ0v) is 17.5. The molecule has 0 aliphatic heterocycles. The Morgan fingerprint density at radius 1 is 0.792 bits per heavy atom. The van der Waals surface area contributed by atoms with E-state index in [0.29, 0.717) is 5.56 Å². The number of rotatable bonds is 3. The first-order valence-corrected chi connectivity index (χ1v) is 14.9. The molecule has 0 fully saturated rings. The van der Waals surface area contributed by atoms with E-state index in [2.05, 4.69) is 43.4 Å². The van der Waals surface area contributed by atoms with Crippen LogP contribution < -0.4 is 0 Å². The third kappa shape index (κ3) is 5.71. The number of nitrogens with zero attached hydrogens (tertiary/aromatic N) is 1. The summed E-state index contributed by atoms with van der Waals surface area (Å²) in [6.45, 7) is 0. The van der Waals surface area contributed by atoms with E-state index in [9.17, 15) is 5.11 Å². The van der Waals surface area contributed by atoms with Crippen LogP contribution in [0.1, 0.15) is 5.56 Å². The molecule has 0 atom stereocenters. The van der Waals surface area contributed by atoms with E-state index in [0.717, 1.165) is 16.8 Å². The zero-order chi connectivity index (χ0) is 17.2. The van der Waals surface area contributed by atoms with Crippen molar-refractivity contribution in [3.63, 3.8) is 0 Å². The van der Waals surface area contributed by atoms with Crippen molar-refractivity contribution in [3.05, 3.63) is 84.4 Å². The van der Waals surface area contributed by atoms with Crippen LogP contribution in [-0.4, -0.2) is 11.3 Å². The average molecular weight is 481 g/mol. The predicted octanol–water partition coefficient (Wildman–Crippen LogP) is 6.50. The topological polar surface area (TPSA) is 32.6 Å². The first kappa shape index (κ1) is 19.1. The number of phenols is 1. The molecule has 0 saturated heterocycles. The molecule has 0 bridgehead atoms. The van der Waals surface area contributed by atoms with Crippen LogP contribution in [0.15, 0.2) is 83.9 Å². The van der Waals surface area contributed by atoms with Crippen molar-refractivity contribution in [3.8, 4) is 16.9 Å². The molecule has 0 spiro atoms. The maximum absolute atomic E-state index is 9.78. The molecule has 0 aliphatic carbocycles. The van der Waals surface area contributed by atoms with E-state index >= 15 is 0 Å². The molecule has 24 heavy (non-hydrogen) atoms. The number of hydrogen-bond acceptors (Lipinski definition) is 2. The van der Waals surface area contributed by atoms with Crippen LogP contribution in [0.3, 0.4) is 0 Å². The quantitative estimate of drug-likeness (QED) is 0.337. The summed E-state index contributed by atoms with van der Waals surface area (Å²) >= 11 is 6.50. The van der Waals surface area contributed by atoms with Crippen molar-refractivity contribution in [2.75, 3.05) is 0 Å². The molecular weight excluding hydrogens is 466 g/mol. The molecule has 0 radical (unpaired) electrons. The molecule has 2 nitrogen and oxygen atoms in total. The number of phenolic OH excluding ortho intramolecular Hbond substituents is 1. The number of para-hydroxylation sites is 2. The van der Waals surface area contributed by atoms with Gasteiger partial charge in [0, 0.05) is 17.3 Å². The van der Waals surface area contributed by atoms with Crippen LogP contribution in [0.25, 0.3) is 11.1 Å². The van der Waals surface area contributed by atoms with Crippen LogP contribution in [0.2, 0.25) is 0 Å². The molecule has 0 heterocycles. The van der Waals surface area contributed by atoms with E-state index in [1.807, 2.05) is 54.6 Å². The summed E-state index contributed by atoms with van der Waals surface area (Å²) in [4.78, 5) is 4.53. The molecule has 120 valence electrons. The molecule has 0 aromatic heterocycles. The second-order valence-electron chi connectivity index (χ2n) is 4.77. The molecule has 3 aromatic rings. The van der Waals surface area contributed by atoms with Gasteiger partial charge in [0.15, 0.2) is 0 Å². The Bertz CT molecular complexity index is 794. The Kier molecular flexibility index (Phi) is 8.47. The summed E-state index contributed by atoms with van der Waals surface area (Å²) in [5, 5.41) is 9.78. The molecule has 0 amide bonds. The fraction of sp³-hybridized carbons (Fsp3) is 0. The second kappa shape index (κ2) is 10.6. The van der Waals surface area contributed by atoms with Crippen molar-refractivity contribution in [1.29, 1.82) is 0 Å². The maximum atomic E-state index is 9.78. The molecule has 5 heteroatoms. The van der Waals surface area contributed by atoms with Crippen LogP contribution >= 0.6 is 26.3 Å². The summed E-state index contributed by atoms with van der Waals surface area (Å²) in [6, 6.07) is 25.3. The summed E-state index contributed by atoms with van der Waals surface area (Å²) in [6.07, 6.45) is 1.69. The van der Waals surface area contributed by atoms with Crippen molar-refractivity contribution in [1.82, 2.24) is 0 Å². The standard InChI is InChI=1S/C19H15NO.2BrH.Ti/c21-19-13-7-4-10-16(19)14-20-18-12-6-5-11-17(18)15-8-2-1-3-9-15;;;/h1-14,21H;2*1H;/q;;;+2/p-2.